The number of benzene rings is 3. The lowest BCUT2D eigenvalue weighted by Gasteiger charge is -2.27. The minimum absolute atomic E-state index is 0.137. The molecular formula is C33H37N3O4. The van der Waals surface area contributed by atoms with Gasteiger partial charge in [-0.05, 0) is 67.6 Å². The Morgan fingerprint density at radius 2 is 1.75 bits per heavy atom. The number of phenolic OH excluding ortho intramolecular Hbond substituents is 1. The molecule has 5 rings (SSSR count). The molecule has 1 aromatic heterocycles. The summed E-state index contributed by atoms with van der Waals surface area (Å²) in [6, 6.07) is 17.4. The summed E-state index contributed by atoms with van der Waals surface area (Å²) >= 11 is 0. The number of rotatable bonds is 10. The number of phenols is 1. The summed E-state index contributed by atoms with van der Waals surface area (Å²) in [7, 11) is 1.63. The molecule has 1 aliphatic heterocycles. The molecule has 3 aromatic carbocycles. The Balaban J connectivity index is 1.61. The first-order valence-electron chi connectivity index (χ1n) is 13.9. The monoisotopic (exact) mass is 539 g/mol. The van der Waals surface area contributed by atoms with Gasteiger partial charge >= 0.3 is 0 Å². The Kier molecular flexibility index (Phi) is 7.83. The van der Waals surface area contributed by atoms with Crippen molar-refractivity contribution in [2.24, 2.45) is 0 Å². The van der Waals surface area contributed by atoms with E-state index in [0.29, 0.717) is 41.6 Å². The van der Waals surface area contributed by atoms with Crippen molar-refractivity contribution in [3.05, 3.63) is 93.7 Å². The maximum absolute atomic E-state index is 13.9. The van der Waals surface area contributed by atoms with Crippen LogP contribution in [0.15, 0.2) is 54.6 Å². The van der Waals surface area contributed by atoms with E-state index in [9.17, 15) is 9.90 Å². The number of ether oxygens (including phenoxy) is 2. The summed E-state index contributed by atoms with van der Waals surface area (Å²) in [5.74, 6) is 1.30. The summed E-state index contributed by atoms with van der Waals surface area (Å²) in [5.41, 5.74) is 7.30. The molecule has 1 amide bonds. The van der Waals surface area contributed by atoms with Gasteiger partial charge in [0.1, 0.15) is 17.1 Å². The minimum Gasteiger partial charge on any atom is -0.507 e. The van der Waals surface area contributed by atoms with Gasteiger partial charge in [0, 0.05) is 17.7 Å². The van der Waals surface area contributed by atoms with Crippen molar-refractivity contribution >= 4 is 5.91 Å². The Morgan fingerprint density at radius 3 is 2.45 bits per heavy atom. The molecule has 0 saturated carbocycles. The number of carbonyl (C=O) groups excluding carboxylic acids is 1. The summed E-state index contributed by atoms with van der Waals surface area (Å²) in [5, 5.41) is 18.5. The number of amides is 1. The standard InChI is InChI=1S/C33H37N3O4/c1-6-7-8-15-40-26-14-13-24(18-27(26)39-5)32-29-30(28-22(4)16-21(3)17-25(28)37)34-35-31(29)33(38)36(32)19-23-11-9-20(2)10-12-23/h9-14,16-18,32,37H,6-8,15,19H2,1-5H3,(H,34,35). The quantitative estimate of drug-likeness (QED) is 0.211. The number of H-pyrrole nitrogens is 1. The predicted molar refractivity (Wildman–Crippen MR) is 156 cm³/mol. The number of aromatic amines is 1. The fourth-order valence-electron chi connectivity index (χ4n) is 5.55. The lowest BCUT2D eigenvalue weighted by atomic mass is 9.93. The van der Waals surface area contributed by atoms with E-state index in [-0.39, 0.29) is 11.7 Å². The van der Waals surface area contributed by atoms with Crippen molar-refractivity contribution in [2.45, 2.75) is 59.5 Å². The molecule has 0 fully saturated rings. The number of aromatic hydroxyl groups is 1. The average molecular weight is 540 g/mol. The predicted octanol–water partition coefficient (Wildman–Crippen LogP) is 7.03. The second-order valence-electron chi connectivity index (χ2n) is 10.6. The van der Waals surface area contributed by atoms with Crippen molar-refractivity contribution < 1.29 is 19.4 Å². The topological polar surface area (TPSA) is 87.7 Å². The molecule has 0 radical (unpaired) electrons. The average Bonchev–Trinajstić information content (AvgIpc) is 3.46. The van der Waals surface area contributed by atoms with E-state index in [0.717, 1.165) is 52.6 Å². The number of hydrogen-bond acceptors (Lipinski definition) is 5. The Labute approximate surface area is 235 Å². The van der Waals surface area contributed by atoms with Crippen molar-refractivity contribution in [3.8, 4) is 28.5 Å². The number of methoxy groups -OCH3 is 1. The van der Waals surface area contributed by atoms with Crippen LogP contribution in [0.2, 0.25) is 0 Å². The summed E-state index contributed by atoms with van der Waals surface area (Å²) in [6.07, 6.45) is 3.21. The van der Waals surface area contributed by atoms with Gasteiger partial charge in [-0.1, -0.05) is 61.7 Å². The molecule has 40 heavy (non-hydrogen) atoms. The van der Waals surface area contributed by atoms with E-state index in [1.54, 1.807) is 13.2 Å². The van der Waals surface area contributed by atoms with E-state index >= 15 is 0 Å². The first-order chi connectivity index (χ1) is 19.3. The number of carbonyl (C=O) groups is 1. The highest BCUT2D eigenvalue weighted by molar-refractivity contribution is 6.00. The van der Waals surface area contributed by atoms with Gasteiger partial charge in [-0.15, -0.1) is 0 Å². The molecule has 1 unspecified atom stereocenters. The molecule has 1 aliphatic rings. The van der Waals surface area contributed by atoms with Gasteiger partial charge in [0.05, 0.1) is 19.8 Å². The second-order valence-corrected chi connectivity index (χ2v) is 10.6. The van der Waals surface area contributed by atoms with Crippen LogP contribution < -0.4 is 9.47 Å². The third kappa shape index (κ3) is 5.16. The normalized spacial score (nSPS) is 14.5. The molecule has 0 spiro atoms. The van der Waals surface area contributed by atoms with Gasteiger partial charge in [0.15, 0.2) is 11.5 Å². The van der Waals surface area contributed by atoms with Crippen molar-refractivity contribution in [2.75, 3.05) is 13.7 Å². The zero-order valence-electron chi connectivity index (χ0n) is 23.9. The Bertz CT molecular complexity index is 1500. The van der Waals surface area contributed by atoms with Crippen LogP contribution in [0.4, 0.5) is 0 Å². The summed E-state index contributed by atoms with van der Waals surface area (Å²) in [4.78, 5) is 15.7. The highest BCUT2D eigenvalue weighted by Crippen LogP contribution is 2.47. The van der Waals surface area contributed by atoms with E-state index in [1.165, 1.54) is 0 Å². The van der Waals surface area contributed by atoms with Crippen LogP contribution in [0, 0.1) is 20.8 Å². The second kappa shape index (κ2) is 11.5. The number of nitrogens with one attached hydrogen (secondary N) is 1. The summed E-state index contributed by atoms with van der Waals surface area (Å²) in [6.45, 7) is 9.14. The first-order valence-corrected chi connectivity index (χ1v) is 13.9. The van der Waals surface area contributed by atoms with Gasteiger partial charge in [-0.3, -0.25) is 9.89 Å². The largest absolute Gasteiger partial charge is 0.507 e. The van der Waals surface area contributed by atoms with Crippen molar-refractivity contribution in [1.82, 2.24) is 15.1 Å². The molecule has 7 heteroatoms. The molecule has 4 aromatic rings. The molecule has 1 atom stereocenters. The number of nitrogens with zero attached hydrogens (tertiary/aromatic N) is 2. The molecule has 2 N–H and O–H groups in total. The highest BCUT2D eigenvalue weighted by atomic mass is 16.5. The molecule has 0 aliphatic carbocycles. The Morgan fingerprint density at radius 1 is 0.975 bits per heavy atom. The zero-order valence-corrected chi connectivity index (χ0v) is 23.9. The van der Waals surface area contributed by atoms with Crippen molar-refractivity contribution in [3.63, 3.8) is 0 Å². The van der Waals surface area contributed by atoms with Crippen LogP contribution in [-0.2, 0) is 6.54 Å². The number of hydrogen-bond donors (Lipinski definition) is 2. The maximum atomic E-state index is 13.9. The van der Waals surface area contributed by atoms with Crippen LogP contribution in [0.25, 0.3) is 11.3 Å². The van der Waals surface area contributed by atoms with E-state index in [1.807, 2.05) is 49.9 Å². The number of aromatic nitrogens is 2. The van der Waals surface area contributed by atoms with Gasteiger partial charge in [-0.25, -0.2) is 0 Å². The maximum Gasteiger partial charge on any atom is 0.273 e. The SMILES string of the molecule is CCCCCOc1ccc(C2c3c(-c4c(C)cc(C)cc4O)n[nH]c3C(=O)N2Cc2ccc(C)cc2)cc1OC. The van der Waals surface area contributed by atoms with Crippen molar-refractivity contribution in [1.29, 1.82) is 0 Å². The zero-order chi connectivity index (χ0) is 28.4. The van der Waals surface area contributed by atoms with E-state index in [2.05, 4.69) is 41.4 Å². The third-order valence-electron chi connectivity index (χ3n) is 7.54. The summed E-state index contributed by atoms with van der Waals surface area (Å²) < 4.78 is 11.8. The smallest absolute Gasteiger partial charge is 0.273 e. The lowest BCUT2D eigenvalue weighted by Crippen LogP contribution is -2.29. The number of aryl methyl sites for hydroxylation is 3. The van der Waals surface area contributed by atoms with Gasteiger partial charge in [-0.2, -0.15) is 5.10 Å². The molecule has 2 heterocycles. The van der Waals surface area contributed by atoms with Crippen LogP contribution in [0.3, 0.4) is 0 Å². The molecule has 208 valence electrons. The first kappa shape index (κ1) is 27.3. The fraction of sp³-hybridized carbons (Fsp3) is 0.333. The Hall–Kier alpha value is -4.26. The van der Waals surface area contributed by atoms with Crippen LogP contribution >= 0.6 is 0 Å². The van der Waals surface area contributed by atoms with Crippen LogP contribution in [0.5, 0.6) is 17.2 Å². The van der Waals surface area contributed by atoms with Gasteiger partial charge in [0.25, 0.3) is 5.91 Å². The van der Waals surface area contributed by atoms with Crippen LogP contribution in [0.1, 0.15) is 76.1 Å². The van der Waals surface area contributed by atoms with E-state index < -0.39 is 6.04 Å². The number of fused-ring (bicyclic) bond motifs is 1. The van der Waals surface area contributed by atoms with Crippen LogP contribution in [-0.4, -0.2) is 39.8 Å². The highest BCUT2D eigenvalue weighted by Gasteiger charge is 2.43. The molecule has 0 saturated heterocycles. The van der Waals surface area contributed by atoms with Gasteiger partial charge in [0.2, 0.25) is 0 Å². The van der Waals surface area contributed by atoms with E-state index in [4.69, 9.17) is 9.47 Å². The minimum atomic E-state index is -0.444. The third-order valence-corrected chi connectivity index (χ3v) is 7.54. The number of unbranched alkanes of at least 4 members (excludes halogenated alkanes) is 2. The molecule has 0 bridgehead atoms. The van der Waals surface area contributed by atoms with Gasteiger partial charge < -0.3 is 19.5 Å². The lowest BCUT2D eigenvalue weighted by molar-refractivity contribution is 0.0730. The molecular weight excluding hydrogens is 502 g/mol. The molecule has 7 nitrogen and oxygen atoms in total. The fourth-order valence-corrected chi connectivity index (χ4v) is 5.55.